The van der Waals surface area contributed by atoms with E-state index in [1.54, 1.807) is 20.1 Å². The number of aromatic nitrogens is 2. The first-order valence-corrected chi connectivity index (χ1v) is 4.19. The van der Waals surface area contributed by atoms with Gasteiger partial charge in [0, 0.05) is 12.0 Å². The molecule has 2 atom stereocenters. The van der Waals surface area contributed by atoms with Gasteiger partial charge in [-0.05, 0) is 6.92 Å². The van der Waals surface area contributed by atoms with Crippen molar-refractivity contribution in [3.05, 3.63) is 18.1 Å². The molecule has 4 heteroatoms. The van der Waals surface area contributed by atoms with Crippen molar-refractivity contribution in [3.63, 3.8) is 0 Å². The van der Waals surface area contributed by atoms with Gasteiger partial charge in [0.05, 0.1) is 18.9 Å². The zero-order valence-electron chi connectivity index (χ0n) is 8.06. The third-order valence-corrected chi connectivity index (χ3v) is 2.06. The summed E-state index contributed by atoms with van der Waals surface area (Å²) >= 11 is 0. The average Bonchev–Trinajstić information content (AvgIpc) is 2.16. The van der Waals surface area contributed by atoms with Crippen LogP contribution in [0.4, 0.5) is 0 Å². The first-order chi connectivity index (χ1) is 6.15. The molecule has 0 saturated heterocycles. The molecular formula is C9H14N2O2. The Labute approximate surface area is 77.6 Å². The summed E-state index contributed by atoms with van der Waals surface area (Å²) in [6, 6.07) is 1.73. The van der Waals surface area contributed by atoms with E-state index in [0.717, 1.165) is 5.69 Å². The van der Waals surface area contributed by atoms with Gasteiger partial charge in [-0.25, -0.2) is 9.97 Å². The van der Waals surface area contributed by atoms with E-state index in [-0.39, 0.29) is 5.92 Å². The maximum Gasteiger partial charge on any atom is 0.216 e. The number of hydrogen-bond donors (Lipinski definition) is 1. The topological polar surface area (TPSA) is 55.2 Å². The molecule has 2 unspecified atom stereocenters. The van der Waals surface area contributed by atoms with Gasteiger partial charge < -0.3 is 9.84 Å². The van der Waals surface area contributed by atoms with E-state index in [2.05, 4.69) is 9.97 Å². The average molecular weight is 182 g/mol. The molecule has 0 aliphatic rings. The SMILES string of the molecule is COc1cc(C(C)C(C)O)ncn1. The van der Waals surface area contributed by atoms with Crippen molar-refractivity contribution in [3.8, 4) is 5.88 Å². The van der Waals surface area contributed by atoms with Crippen molar-refractivity contribution in [2.24, 2.45) is 0 Å². The Bertz CT molecular complexity index is 276. The first kappa shape index (κ1) is 9.92. The highest BCUT2D eigenvalue weighted by Crippen LogP contribution is 2.18. The predicted octanol–water partition coefficient (Wildman–Crippen LogP) is 0.969. The Morgan fingerprint density at radius 3 is 2.62 bits per heavy atom. The summed E-state index contributed by atoms with van der Waals surface area (Å²) in [6.45, 7) is 3.64. The highest BCUT2D eigenvalue weighted by Gasteiger charge is 2.13. The molecule has 1 heterocycles. The summed E-state index contributed by atoms with van der Waals surface area (Å²) in [5.74, 6) is 0.523. The molecule has 72 valence electrons. The van der Waals surface area contributed by atoms with Crippen LogP contribution in [0.15, 0.2) is 12.4 Å². The molecule has 0 aliphatic carbocycles. The molecule has 0 radical (unpaired) electrons. The minimum Gasteiger partial charge on any atom is -0.481 e. The summed E-state index contributed by atoms with van der Waals surface area (Å²) in [7, 11) is 1.55. The summed E-state index contributed by atoms with van der Waals surface area (Å²) in [6.07, 6.45) is 1.02. The van der Waals surface area contributed by atoms with Crippen LogP contribution in [-0.2, 0) is 0 Å². The smallest absolute Gasteiger partial charge is 0.216 e. The molecule has 0 fully saturated rings. The van der Waals surface area contributed by atoms with E-state index in [1.807, 2.05) is 6.92 Å². The van der Waals surface area contributed by atoms with Gasteiger partial charge in [-0.2, -0.15) is 0 Å². The largest absolute Gasteiger partial charge is 0.481 e. The highest BCUT2D eigenvalue weighted by atomic mass is 16.5. The van der Waals surface area contributed by atoms with Gasteiger partial charge in [0.1, 0.15) is 6.33 Å². The minimum atomic E-state index is -0.417. The Hall–Kier alpha value is -1.16. The van der Waals surface area contributed by atoms with Gasteiger partial charge in [0.2, 0.25) is 5.88 Å². The lowest BCUT2D eigenvalue weighted by Gasteiger charge is -2.13. The summed E-state index contributed by atoms with van der Waals surface area (Å²) in [5, 5.41) is 9.34. The van der Waals surface area contributed by atoms with E-state index in [9.17, 15) is 5.11 Å². The van der Waals surface area contributed by atoms with Gasteiger partial charge in [-0.15, -0.1) is 0 Å². The van der Waals surface area contributed by atoms with Crippen LogP contribution in [0, 0.1) is 0 Å². The van der Waals surface area contributed by atoms with E-state index in [0.29, 0.717) is 5.88 Å². The number of aliphatic hydroxyl groups is 1. The van der Waals surface area contributed by atoms with Gasteiger partial charge in [-0.3, -0.25) is 0 Å². The molecule has 0 aliphatic heterocycles. The molecule has 0 spiro atoms. The molecule has 0 amide bonds. The first-order valence-electron chi connectivity index (χ1n) is 4.19. The van der Waals surface area contributed by atoms with Crippen molar-refractivity contribution >= 4 is 0 Å². The zero-order valence-corrected chi connectivity index (χ0v) is 8.06. The van der Waals surface area contributed by atoms with Crippen LogP contribution in [0.3, 0.4) is 0 Å². The molecule has 1 aromatic heterocycles. The van der Waals surface area contributed by atoms with E-state index < -0.39 is 6.10 Å². The quantitative estimate of drug-likeness (QED) is 0.756. The molecule has 13 heavy (non-hydrogen) atoms. The fourth-order valence-corrected chi connectivity index (χ4v) is 0.961. The van der Waals surface area contributed by atoms with Crippen molar-refractivity contribution in [2.45, 2.75) is 25.9 Å². The highest BCUT2D eigenvalue weighted by molar-refractivity contribution is 5.17. The lowest BCUT2D eigenvalue weighted by Crippen LogP contribution is -2.12. The van der Waals surface area contributed by atoms with E-state index in [4.69, 9.17) is 4.74 Å². The monoisotopic (exact) mass is 182 g/mol. The fourth-order valence-electron chi connectivity index (χ4n) is 0.961. The second-order valence-corrected chi connectivity index (χ2v) is 3.01. The molecule has 1 N–H and O–H groups in total. The standard InChI is InChI=1S/C9H14N2O2/c1-6(7(2)12)8-4-9(13-3)11-5-10-8/h4-7,12H,1-3H3. The molecule has 4 nitrogen and oxygen atoms in total. The van der Waals surface area contributed by atoms with Crippen LogP contribution >= 0.6 is 0 Å². The van der Waals surface area contributed by atoms with Gasteiger partial charge in [0.15, 0.2) is 0 Å². The van der Waals surface area contributed by atoms with Gasteiger partial charge in [-0.1, -0.05) is 6.92 Å². The summed E-state index contributed by atoms with van der Waals surface area (Å²) < 4.78 is 4.95. The number of rotatable bonds is 3. The third-order valence-electron chi connectivity index (χ3n) is 2.06. The Balaban J connectivity index is 2.88. The van der Waals surface area contributed by atoms with Crippen LogP contribution in [0.25, 0.3) is 0 Å². The molecule has 0 aromatic carbocycles. The van der Waals surface area contributed by atoms with Gasteiger partial charge >= 0.3 is 0 Å². The van der Waals surface area contributed by atoms with Crippen molar-refractivity contribution in [1.29, 1.82) is 0 Å². The fraction of sp³-hybridized carbons (Fsp3) is 0.556. The van der Waals surface area contributed by atoms with Crippen LogP contribution in [0.1, 0.15) is 25.5 Å². The Morgan fingerprint density at radius 2 is 2.08 bits per heavy atom. The maximum atomic E-state index is 9.34. The van der Waals surface area contributed by atoms with Crippen LogP contribution in [0.5, 0.6) is 5.88 Å². The molecular weight excluding hydrogens is 168 g/mol. The summed E-state index contributed by atoms with van der Waals surface area (Å²) in [4.78, 5) is 7.94. The van der Waals surface area contributed by atoms with Crippen molar-refractivity contribution in [1.82, 2.24) is 9.97 Å². The van der Waals surface area contributed by atoms with Crippen molar-refractivity contribution < 1.29 is 9.84 Å². The third kappa shape index (κ3) is 2.39. The zero-order chi connectivity index (χ0) is 9.84. The Kier molecular flexibility index (Phi) is 3.19. The van der Waals surface area contributed by atoms with Crippen LogP contribution in [-0.4, -0.2) is 28.3 Å². The van der Waals surface area contributed by atoms with Crippen LogP contribution in [0.2, 0.25) is 0 Å². The molecule has 0 bridgehead atoms. The molecule has 1 rings (SSSR count). The predicted molar refractivity (Wildman–Crippen MR) is 48.7 cm³/mol. The van der Waals surface area contributed by atoms with E-state index >= 15 is 0 Å². The number of nitrogens with zero attached hydrogens (tertiary/aromatic N) is 2. The van der Waals surface area contributed by atoms with E-state index in [1.165, 1.54) is 6.33 Å². The molecule has 0 saturated carbocycles. The summed E-state index contributed by atoms with van der Waals surface area (Å²) in [5.41, 5.74) is 0.793. The number of methoxy groups -OCH3 is 1. The van der Waals surface area contributed by atoms with Crippen LogP contribution < -0.4 is 4.74 Å². The minimum absolute atomic E-state index is 0.00287. The molecule has 1 aromatic rings. The second-order valence-electron chi connectivity index (χ2n) is 3.01. The lowest BCUT2D eigenvalue weighted by molar-refractivity contribution is 0.167. The Morgan fingerprint density at radius 1 is 1.38 bits per heavy atom. The van der Waals surface area contributed by atoms with Crippen molar-refractivity contribution in [2.75, 3.05) is 7.11 Å². The number of ether oxygens (including phenoxy) is 1. The normalized spacial score (nSPS) is 15.1. The van der Waals surface area contributed by atoms with Gasteiger partial charge in [0.25, 0.3) is 0 Å². The lowest BCUT2D eigenvalue weighted by atomic mass is 10.0. The number of hydrogen-bond acceptors (Lipinski definition) is 4. The second kappa shape index (κ2) is 4.18. The number of aliphatic hydroxyl groups excluding tert-OH is 1. The maximum absolute atomic E-state index is 9.34.